The van der Waals surface area contributed by atoms with Crippen molar-refractivity contribution in [2.75, 3.05) is 31.2 Å². The van der Waals surface area contributed by atoms with Crippen molar-refractivity contribution in [3.8, 4) is 11.1 Å². The minimum absolute atomic E-state index is 0.165. The molecule has 7 heteroatoms. The molecule has 3 heterocycles. The minimum Gasteiger partial charge on any atom is -0.334 e. The van der Waals surface area contributed by atoms with Crippen LogP contribution in [-0.2, 0) is 0 Å². The van der Waals surface area contributed by atoms with Crippen LogP contribution in [0.25, 0.3) is 21.3 Å². The predicted molar refractivity (Wildman–Crippen MR) is 111 cm³/mol. The molecule has 2 aromatic heterocycles. The Morgan fingerprint density at radius 3 is 2.69 bits per heavy atom. The molecule has 0 bridgehead atoms. The molecular formula is C19H22N4OS2. The Labute approximate surface area is 160 Å². The third-order valence-corrected chi connectivity index (χ3v) is 6.73. The maximum absolute atomic E-state index is 13.0. The molecule has 3 aromatic rings. The summed E-state index contributed by atoms with van der Waals surface area (Å²) in [5.74, 6) is 7.00. The van der Waals surface area contributed by atoms with Gasteiger partial charge in [-0.05, 0) is 38.4 Å². The van der Waals surface area contributed by atoms with Crippen LogP contribution in [0.3, 0.4) is 0 Å². The van der Waals surface area contributed by atoms with Gasteiger partial charge in [0.25, 0.3) is 5.56 Å². The van der Waals surface area contributed by atoms with Crippen LogP contribution in [-0.4, -0.2) is 39.9 Å². The van der Waals surface area contributed by atoms with Gasteiger partial charge in [0.2, 0.25) is 0 Å². The Bertz CT molecular complexity index is 975. The smallest absolute Gasteiger partial charge is 0.282 e. The Balaban J connectivity index is 1.67. The van der Waals surface area contributed by atoms with E-state index < -0.39 is 0 Å². The van der Waals surface area contributed by atoms with Gasteiger partial charge in [-0.1, -0.05) is 42.1 Å². The second kappa shape index (κ2) is 7.42. The standard InChI is InChI=1S/C19H22N4OS2/c1-13-15(14-7-3-2-4-8-14)16-17(26-13)21-19(23(20)18(16)24)25-12-11-22-9-5-6-10-22/h2-4,7-8H,5-6,9-12,20H2,1H3. The Hall–Kier alpha value is -1.83. The van der Waals surface area contributed by atoms with E-state index in [0.29, 0.717) is 10.5 Å². The van der Waals surface area contributed by atoms with Crippen LogP contribution in [0.1, 0.15) is 17.7 Å². The molecule has 136 valence electrons. The number of benzene rings is 1. The average molecular weight is 387 g/mol. The number of aryl methyl sites for hydroxylation is 1. The SMILES string of the molecule is Cc1sc2nc(SCCN3CCCC3)n(N)c(=O)c2c1-c1ccccc1. The number of nitrogens with two attached hydrogens (primary N) is 1. The number of hydrogen-bond acceptors (Lipinski definition) is 6. The van der Waals surface area contributed by atoms with E-state index in [0.717, 1.165) is 33.1 Å². The highest BCUT2D eigenvalue weighted by atomic mass is 32.2. The maximum Gasteiger partial charge on any atom is 0.282 e. The molecule has 1 aromatic carbocycles. The van der Waals surface area contributed by atoms with Crippen LogP contribution >= 0.6 is 23.1 Å². The summed E-state index contributed by atoms with van der Waals surface area (Å²) in [6.07, 6.45) is 2.57. The number of likely N-dealkylation sites (tertiary alicyclic amines) is 1. The van der Waals surface area contributed by atoms with Gasteiger partial charge in [0, 0.05) is 22.7 Å². The number of thiophene rings is 1. The molecule has 1 aliphatic rings. The van der Waals surface area contributed by atoms with Crippen LogP contribution in [0.2, 0.25) is 0 Å². The quantitative estimate of drug-likeness (QED) is 0.414. The molecule has 0 amide bonds. The Kier molecular flexibility index (Phi) is 5.02. The molecule has 0 saturated carbocycles. The lowest BCUT2D eigenvalue weighted by Gasteiger charge is -2.14. The first kappa shape index (κ1) is 17.6. The monoisotopic (exact) mass is 386 g/mol. The molecule has 1 aliphatic heterocycles. The van der Waals surface area contributed by atoms with Crippen LogP contribution in [0.15, 0.2) is 40.3 Å². The van der Waals surface area contributed by atoms with E-state index in [4.69, 9.17) is 10.8 Å². The lowest BCUT2D eigenvalue weighted by molar-refractivity contribution is 0.362. The third kappa shape index (κ3) is 3.26. The van der Waals surface area contributed by atoms with Crippen LogP contribution in [0.4, 0.5) is 0 Å². The zero-order valence-corrected chi connectivity index (χ0v) is 16.4. The lowest BCUT2D eigenvalue weighted by atomic mass is 10.0. The van der Waals surface area contributed by atoms with Gasteiger partial charge in [-0.2, -0.15) is 0 Å². The van der Waals surface area contributed by atoms with Gasteiger partial charge in [-0.25, -0.2) is 9.66 Å². The highest BCUT2D eigenvalue weighted by Crippen LogP contribution is 2.36. The predicted octanol–water partition coefficient (Wildman–Crippen LogP) is 3.34. The highest BCUT2D eigenvalue weighted by molar-refractivity contribution is 7.99. The van der Waals surface area contributed by atoms with E-state index in [2.05, 4.69) is 4.90 Å². The Morgan fingerprint density at radius 1 is 1.23 bits per heavy atom. The van der Waals surface area contributed by atoms with E-state index in [1.807, 2.05) is 37.3 Å². The molecule has 0 spiro atoms. The van der Waals surface area contributed by atoms with E-state index in [1.165, 1.54) is 30.6 Å². The van der Waals surface area contributed by atoms with Gasteiger partial charge >= 0.3 is 0 Å². The molecule has 0 atom stereocenters. The summed E-state index contributed by atoms with van der Waals surface area (Å²) in [5, 5.41) is 1.23. The average Bonchev–Trinajstić information content (AvgIpc) is 3.27. The first-order valence-electron chi connectivity index (χ1n) is 8.87. The van der Waals surface area contributed by atoms with Crippen molar-refractivity contribution in [1.82, 2.24) is 14.6 Å². The zero-order chi connectivity index (χ0) is 18.1. The number of thioether (sulfide) groups is 1. The van der Waals surface area contributed by atoms with Crippen molar-refractivity contribution in [1.29, 1.82) is 0 Å². The normalized spacial score (nSPS) is 15.1. The number of fused-ring (bicyclic) bond motifs is 1. The lowest BCUT2D eigenvalue weighted by Crippen LogP contribution is -2.30. The number of aromatic nitrogens is 2. The molecule has 1 saturated heterocycles. The fraction of sp³-hybridized carbons (Fsp3) is 0.368. The summed E-state index contributed by atoms with van der Waals surface area (Å²) in [5.41, 5.74) is 1.82. The number of nitrogens with zero attached hydrogens (tertiary/aromatic N) is 3. The topological polar surface area (TPSA) is 64.2 Å². The maximum atomic E-state index is 13.0. The summed E-state index contributed by atoms with van der Waals surface area (Å²) in [6, 6.07) is 9.98. The highest BCUT2D eigenvalue weighted by Gasteiger charge is 2.19. The fourth-order valence-corrected chi connectivity index (χ4v) is 5.48. The largest absolute Gasteiger partial charge is 0.334 e. The molecule has 0 radical (unpaired) electrons. The van der Waals surface area contributed by atoms with E-state index in [9.17, 15) is 4.79 Å². The molecule has 26 heavy (non-hydrogen) atoms. The van der Waals surface area contributed by atoms with Crippen molar-refractivity contribution in [3.63, 3.8) is 0 Å². The van der Waals surface area contributed by atoms with E-state index >= 15 is 0 Å². The van der Waals surface area contributed by atoms with Gasteiger partial charge in [0.15, 0.2) is 5.16 Å². The summed E-state index contributed by atoms with van der Waals surface area (Å²) < 4.78 is 1.22. The van der Waals surface area contributed by atoms with Gasteiger partial charge in [-0.3, -0.25) is 4.79 Å². The summed E-state index contributed by atoms with van der Waals surface area (Å²) in [6.45, 7) is 5.40. The van der Waals surface area contributed by atoms with Crippen LogP contribution in [0.5, 0.6) is 0 Å². The molecule has 0 aliphatic carbocycles. The van der Waals surface area contributed by atoms with Crippen molar-refractivity contribution >= 4 is 33.3 Å². The summed E-state index contributed by atoms with van der Waals surface area (Å²) in [4.78, 5) is 22.0. The molecule has 5 nitrogen and oxygen atoms in total. The second-order valence-corrected chi connectivity index (χ2v) is 8.81. The van der Waals surface area contributed by atoms with Crippen molar-refractivity contribution < 1.29 is 0 Å². The summed E-state index contributed by atoms with van der Waals surface area (Å²) in [7, 11) is 0. The third-order valence-electron chi connectivity index (χ3n) is 4.80. The van der Waals surface area contributed by atoms with Gasteiger partial charge in [-0.15, -0.1) is 11.3 Å². The van der Waals surface area contributed by atoms with Crippen molar-refractivity contribution in [2.24, 2.45) is 0 Å². The van der Waals surface area contributed by atoms with E-state index in [1.54, 1.807) is 23.1 Å². The van der Waals surface area contributed by atoms with Crippen LogP contribution in [0, 0.1) is 6.92 Å². The zero-order valence-electron chi connectivity index (χ0n) is 14.8. The number of rotatable bonds is 5. The number of nitrogen functional groups attached to an aromatic ring is 1. The second-order valence-electron chi connectivity index (χ2n) is 6.55. The van der Waals surface area contributed by atoms with Crippen molar-refractivity contribution in [3.05, 3.63) is 45.6 Å². The van der Waals surface area contributed by atoms with Crippen LogP contribution < -0.4 is 11.4 Å². The van der Waals surface area contributed by atoms with Crippen molar-refractivity contribution in [2.45, 2.75) is 24.9 Å². The first-order valence-corrected chi connectivity index (χ1v) is 10.7. The molecule has 4 rings (SSSR count). The molecule has 2 N–H and O–H groups in total. The van der Waals surface area contributed by atoms with E-state index in [-0.39, 0.29) is 5.56 Å². The fourth-order valence-electron chi connectivity index (χ4n) is 3.48. The first-order chi connectivity index (χ1) is 12.6. The van der Waals surface area contributed by atoms with Gasteiger partial charge in [0.1, 0.15) is 4.83 Å². The molecule has 1 fully saturated rings. The molecular weight excluding hydrogens is 364 g/mol. The minimum atomic E-state index is -0.165. The van der Waals surface area contributed by atoms with Gasteiger partial charge < -0.3 is 10.7 Å². The Morgan fingerprint density at radius 2 is 1.96 bits per heavy atom. The molecule has 0 unspecified atom stereocenters. The van der Waals surface area contributed by atoms with Gasteiger partial charge in [0.05, 0.1) is 5.39 Å². The summed E-state index contributed by atoms with van der Waals surface area (Å²) >= 11 is 3.13. The number of hydrogen-bond donors (Lipinski definition) is 1.